The molecule has 5 unspecified atom stereocenters. The highest BCUT2D eigenvalue weighted by Gasteiger charge is 2.51. The van der Waals surface area contributed by atoms with Gasteiger partial charge in [0.1, 0.15) is 18.0 Å². The van der Waals surface area contributed by atoms with Crippen molar-refractivity contribution in [2.75, 3.05) is 6.61 Å². The zero-order valence-corrected chi connectivity index (χ0v) is 13.3. The first kappa shape index (κ1) is 15.1. The molecule has 8 nitrogen and oxygen atoms in total. The van der Waals surface area contributed by atoms with Gasteiger partial charge in [0.2, 0.25) is 0 Å². The Bertz CT molecular complexity index is 690. The van der Waals surface area contributed by atoms with E-state index in [-0.39, 0.29) is 12.1 Å². The average molecular weight is 340 g/mol. The molecule has 124 valence electrons. The third-order valence-corrected chi connectivity index (χ3v) is 4.62. The van der Waals surface area contributed by atoms with Crippen LogP contribution in [0.3, 0.4) is 0 Å². The largest absolute Gasteiger partial charge is 0.389 e. The summed E-state index contributed by atoms with van der Waals surface area (Å²) in [5.41, 5.74) is 0. The van der Waals surface area contributed by atoms with Crippen LogP contribution in [0.25, 0.3) is 0 Å². The topological polar surface area (TPSA) is 86.4 Å². The van der Waals surface area contributed by atoms with E-state index in [2.05, 4.69) is 15.4 Å². The molecule has 2 bridgehead atoms. The van der Waals surface area contributed by atoms with Crippen LogP contribution < -0.4 is 5.32 Å². The number of hydrogen-bond donors (Lipinski definition) is 2. The van der Waals surface area contributed by atoms with Gasteiger partial charge in [-0.3, -0.25) is 4.68 Å². The Morgan fingerprint density at radius 1 is 1.52 bits per heavy atom. The maximum Gasteiger partial charge on any atom is 0.183 e. The fraction of sp³-hybridized carbons (Fsp3) is 0.571. The van der Waals surface area contributed by atoms with E-state index in [1.165, 1.54) is 6.20 Å². The van der Waals surface area contributed by atoms with Crippen LogP contribution in [0.15, 0.2) is 24.8 Å². The maximum atomic E-state index is 10.8. The van der Waals surface area contributed by atoms with E-state index in [0.717, 1.165) is 5.82 Å². The number of halogens is 1. The molecule has 2 N–H and O–H groups in total. The van der Waals surface area contributed by atoms with Gasteiger partial charge < -0.3 is 24.5 Å². The Hall–Kier alpha value is -1.45. The summed E-state index contributed by atoms with van der Waals surface area (Å²) in [4.78, 5) is 4.28. The standard InChI is InChI=1S/C14H18ClN5O3/c1-19-3-2-16-10(19)5-17-11-9-7-22-14(23-9)12(13(11)21)20-6-8(15)4-18-20/h2-4,6,9,11-14,17,21H,5,7H2,1H3. The molecule has 2 aromatic rings. The van der Waals surface area contributed by atoms with E-state index in [4.69, 9.17) is 21.1 Å². The molecule has 0 aromatic carbocycles. The molecule has 4 heterocycles. The molecule has 2 fully saturated rings. The van der Waals surface area contributed by atoms with Gasteiger partial charge in [-0.1, -0.05) is 11.6 Å². The van der Waals surface area contributed by atoms with E-state index in [1.807, 2.05) is 17.8 Å². The molecule has 0 spiro atoms. The molecule has 2 aliphatic rings. The SMILES string of the molecule is Cn1ccnc1CNC1C2COC(O2)C(n2cc(Cl)cn2)C1O. The molecule has 2 aromatic heterocycles. The van der Waals surface area contributed by atoms with Crippen molar-refractivity contribution in [2.45, 2.75) is 37.1 Å². The molecule has 2 saturated heterocycles. The Labute approximate surface area is 138 Å². The Balaban J connectivity index is 1.53. The van der Waals surface area contributed by atoms with Crippen molar-refractivity contribution in [1.82, 2.24) is 24.6 Å². The summed E-state index contributed by atoms with van der Waals surface area (Å²) in [7, 11) is 1.93. The summed E-state index contributed by atoms with van der Waals surface area (Å²) < 4.78 is 15.1. The third-order valence-electron chi connectivity index (χ3n) is 4.42. The third kappa shape index (κ3) is 2.66. The van der Waals surface area contributed by atoms with Crippen LogP contribution in [0.2, 0.25) is 5.02 Å². The number of aliphatic hydroxyl groups is 1. The second kappa shape index (κ2) is 5.88. The van der Waals surface area contributed by atoms with Gasteiger partial charge in [-0.05, 0) is 0 Å². The number of aliphatic hydroxyl groups excluding tert-OH is 1. The molecule has 4 rings (SSSR count). The minimum Gasteiger partial charge on any atom is -0.389 e. The number of aromatic nitrogens is 4. The molecule has 0 saturated carbocycles. The Morgan fingerprint density at radius 3 is 3.09 bits per heavy atom. The van der Waals surface area contributed by atoms with Gasteiger partial charge >= 0.3 is 0 Å². The average Bonchev–Trinajstić information content (AvgIpc) is 3.22. The van der Waals surface area contributed by atoms with E-state index in [9.17, 15) is 5.11 Å². The fourth-order valence-electron chi connectivity index (χ4n) is 3.19. The van der Waals surface area contributed by atoms with E-state index < -0.39 is 18.4 Å². The first-order chi connectivity index (χ1) is 11.1. The first-order valence-electron chi connectivity index (χ1n) is 7.48. The van der Waals surface area contributed by atoms with Gasteiger partial charge in [0.15, 0.2) is 6.29 Å². The highest BCUT2D eigenvalue weighted by atomic mass is 35.5. The van der Waals surface area contributed by atoms with E-state index >= 15 is 0 Å². The van der Waals surface area contributed by atoms with Gasteiger partial charge in [0.25, 0.3) is 0 Å². The summed E-state index contributed by atoms with van der Waals surface area (Å²) in [5, 5.41) is 18.8. The summed E-state index contributed by atoms with van der Waals surface area (Å²) in [5.74, 6) is 0.886. The van der Waals surface area contributed by atoms with Crippen LogP contribution in [-0.4, -0.2) is 55.6 Å². The molecule has 0 aliphatic carbocycles. The number of imidazole rings is 1. The summed E-state index contributed by atoms with van der Waals surface area (Å²) in [6, 6.07) is -0.724. The molecule has 2 aliphatic heterocycles. The van der Waals surface area contributed by atoms with Gasteiger partial charge in [-0.2, -0.15) is 5.10 Å². The van der Waals surface area contributed by atoms with Crippen molar-refractivity contribution in [1.29, 1.82) is 0 Å². The van der Waals surface area contributed by atoms with E-state index in [0.29, 0.717) is 18.2 Å². The van der Waals surface area contributed by atoms with Crippen LogP contribution in [0, 0.1) is 0 Å². The van der Waals surface area contributed by atoms with Crippen LogP contribution in [-0.2, 0) is 23.1 Å². The molecular weight excluding hydrogens is 322 g/mol. The summed E-state index contributed by atoms with van der Waals surface area (Å²) >= 11 is 5.94. The highest BCUT2D eigenvalue weighted by molar-refractivity contribution is 6.30. The lowest BCUT2D eigenvalue weighted by atomic mass is 9.96. The van der Waals surface area contributed by atoms with Crippen LogP contribution in [0.1, 0.15) is 11.9 Å². The van der Waals surface area contributed by atoms with Gasteiger partial charge in [-0.15, -0.1) is 0 Å². The summed E-state index contributed by atoms with van der Waals surface area (Å²) in [6.45, 7) is 0.966. The number of rotatable bonds is 4. The Kier molecular flexibility index (Phi) is 3.86. The monoisotopic (exact) mass is 339 g/mol. The van der Waals surface area contributed by atoms with Crippen molar-refractivity contribution < 1.29 is 14.6 Å². The lowest BCUT2D eigenvalue weighted by Gasteiger charge is -2.38. The maximum absolute atomic E-state index is 10.8. The number of nitrogens with zero attached hydrogens (tertiary/aromatic N) is 4. The lowest BCUT2D eigenvalue weighted by Crippen LogP contribution is -2.57. The second-order valence-electron chi connectivity index (χ2n) is 5.86. The van der Waals surface area contributed by atoms with Crippen LogP contribution >= 0.6 is 11.6 Å². The van der Waals surface area contributed by atoms with Gasteiger partial charge in [-0.25, -0.2) is 4.98 Å². The van der Waals surface area contributed by atoms with Crippen molar-refractivity contribution in [3.05, 3.63) is 35.6 Å². The number of hydrogen-bond acceptors (Lipinski definition) is 6. The normalized spacial score (nSPS) is 33.3. The summed E-state index contributed by atoms with van der Waals surface area (Å²) in [6.07, 6.45) is 5.40. The van der Waals surface area contributed by atoms with Gasteiger partial charge in [0.05, 0.1) is 36.5 Å². The molecule has 9 heteroatoms. The number of nitrogens with one attached hydrogen (secondary N) is 1. The molecule has 0 amide bonds. The predicted octanol–water partition coefficient (Wildman–Crippen LogP) is 0.0855. The van der Waals surface area contributed by atoms with Crippen molar-refractivity contribution in [3.8, 4) is 0 Å². The second-order valence-corrected chi connectivity index (χ2v) is 6.29. The quantitative estimate of drug-likeness (QED) is 0.821. The molecule has 0 radical (unpaired) electrons. The van der Waals surface area contributed by atoms with Gasteiger partial charge in [0, 0.05) is 25.6 Å². The highest BCUT2D eigenvalue weighted by Crippen LogP contribution is 2.35. The van der Waals surface area contributed by atoms with Crippen molar-refractivity contribution >= 4 is 11.6 Å². The molecule has 5 atom stereocenters. The van der Waals surface area contributed by atoms with Crippen molar-refractivity contribution in [3.63, 3.8) is 0 Å². The minimum atomic E-state index is -0.711. The zero-order valence-electron chi connectivity index (χ0n) is 12.5. The minimum absolute atomic E-state index is 0.197. The molecule has 23 heavy (non-hydrogen) atoms. The fourth-order valence-corrected chi connectivity index (χ4v) is 3.33. The smallest absolute Gasteiger partial charge is 0.183 e. The first-order valence-corrected chi connectivity index (χ1v) is 7.85. The number of ether oxygens (including phenoxy) is 2. The van der Waals surface area contributed by atoms with Crippen LogP contribution in [0.4, 0.5) is 0 Å². The number of fused-ring (bicyclic) bond motifs is 2. The van der Waals surface area contributed by atoms with Crippen molar-refractivity contribution in [2.24, 2.45) is 7.05 Å². The van der Waals surface area contributed by atoms with Crippen LogP contribution in [0.5, 0.6) is 0 Å². The Morgan fingerprint density at radius 2 is 2.39 bits per heavy atom. The van der Waals surface area contributed by atoms with E-state index in [1.54, 1.807) is 17.1 Å². The predicted molar refractivity (Wildman–Crippen MR) is 80.7 cm³/mol. The lowest BCUT2D eigenvalue weighted by molar-refractivity contribution is -0.168. The molecular formula is C14H18ClN5O3. The number of aryl methyl sites for hydroxylation is 1. The zero-order chi connectivity index (χ0) is 16.0.